The maximum atomic E-state index is 13.2. The Balaban J connectivity index is 1.03. The summed E-state index contributed by atoms with van der Waals surface area (Å²) < 4.78 is 0. The van der Waals surface area contributed by atoms with E-state index in [1.807, 2.05) is 4.90 Å². The molecule has 7 heteroatoms. The molecule has 7 rings (SSSR count). The van der Waals surface area contributed by atoms with Crippen LogP contribution in [0.1, 0.15) is 65.7 Å². The highest BCUT2D eigenvalue weighted by molar-refractivity contribution is 6.22. The Kier molecular flexibility index (Phi) is 4.85. The van der Waals surface area contributed by atoms with Gasteiger partial charge in [0.15, 0.2) is 0 Å². The van der Waals surface area contributed by atoms with Gasteiger partial charge in [-0.05, 0) is 73.8 Å². The van der Waals surface area contributed by atoms with Crippen LogP contribution in [0.15, 0.2) is 24.3 Å². The number of carbonyl (C=O) groups is 4. The lowest BCUT2D eigenvalue weighted by molar-refractivity contribution is -0.144. The zero-order valence-electron chi connectivity index (χ0n) is 19.0. The predicted molar refractivity (Wildman–Crippen MR) is 120 cm³/mol. The van der Waals surface area contributed by atoms with Crippen LogP contribution in [0.2, 0.25) is 0 Å². The second-order valence-corrected chi connectivity index (χ2v) is 11.1. The van der Waals surface area contributed by atoms with Crippen LogP contribution < -0.4 is 0 Å². The molecule has 7 nitrogen and oxygen atoms in total. The maximum Gasteiger partial charge on any atom is 0.262 e. The summed E-state index contributed by atoms with van der Waals surface area (Å²) in [6, 6.07) is 6.67. The number of rotatable bonds is 4. The molecule has 2 aliphatic heterocycles. The molecular formula is C26H31N3O4. The minimum Gasteiger partial charge on any atom is -0.339 e. The third-order valence-electron chi connectivity index (χ3n) is 8.85. The highest BCUT2D eigenvalue weighted by atomic mass is 16.2. The van der Waals surface area contributed by atoms with E-state index in [9.17, 15) is 19.2 Å². The number of piperazine rings is 1. The van der Waals surface area contributed by atoms with Gasteiger partial charge in [-0.2, -0.15) is 0 Å². The smallest absolute Gasteiger partial charge is 0.262 e. The molecule has 0 atom stereocenters. The van der Waals surface area contributed by atoms with Crippen LogP contribution in [0, 0.1) is 23.2 Å². The highest BCUT2D eigenvalue weighted by Gasteiger charge is 2.51. The average Bonchev–Trinajstić information content (AvgIpc) is 3.03. The van der Waals surface area contributed by atoms with Crippen molar-refractivity contribution < 1.29 is 19.2 Å². The van der Waals surface area contributed by atoms with Gasteiger partial charge in [-0.1, -0.05) is 12.1 Å². The largest absolute Gasteiger partial charge is 0.339 e. The second kappa shape index (κ2) is 7.67. The maximum absolute atomic E-state index is 13.2. The molecule has 5 fully saturated rings. The zero-order valence-corrected chi connectivity index (χ0v) is 19.0. The van der Waals surface area contributed by atoms with Crippen molar-refractivity contribution in [2.45, 2.75) is 44.9 Å². The number of nitrogens with zero attached hydrogens (tertiary/aromatic N) is 3. The SMILES string of the molecule is O=C(CN1C(=O)c2ccccc2C1=O)N1CCN(C(=O)CC23CC4CC(CC(C4)C2)C3)CC1. The summed E-state index contributed by atoms with van der Waals surface area (Å²) in [5.74, 6) is 1.69. The fraction of sp³-hybridized carbons (Fsp3) is 0.615. The summed E-state index contributed by atoms with van der Waals surface area (Å²) in [5, 5.41) is 0. The van der Waals surface area contributed by atoms with Gasteiger partial charge in [-0.3, -0.25) is 24.1 Å². The lowest BCUT2D eigenvalue weighted by atomic mass is 9.49. The first-order valence-electron chi connectivity index (χ1n) is 12.4. The third kappa shape index (κ3) is 3.56. The zero-order chi connectivity index (χ0) is 22.7. The van der Waals surface area contributed by atoms with Crippen LogP contribution in [-0.4, -0.2) is 71.1 Å². The minimum absolute atomic E-state index is 0.226. The molecule has 0 spiro atoms. The number of fused-ring (bicyclic) bond motifs is 1. The van der Waals surface area contributed by atoms with Crippen LogP contribution in [0.25, 0.3) is 0 Å². The predicted octanol–water partition coefficient (Wildman–Crippen LogP) is 2.56. The van der Waals surface area contributed by atoms with Gasteiger partial charge in [-0.25, -0.2) is 0 Å². The number of amides is 4. The van der Waals surface area contributed by atoms with Gasteiger partial charge in [0.25, 0.3) is 11.8 Å². The first-order valence-corrected chi connectivity index (χ1v) is 12.4. The van der Waals surface area contributed by atoms with Crippen LogP contribution in [0.3, 0.4) is 0 Å². The van der Waals surface area contributed by atoms with Crippen molar-refractivity contribution in [2.24, 2.45) is 23.2 Å². The van der Waals surface area contributed by atoms with Gasteiger partial charge in [0.1, 0.15) is 6.54 Å². The quantitative estimate of drug-likeness (QED) is 0.662. The molecule has 6 aliphatic rings. The summed E-state index contributed by atoms with van der Waals surface area (Å²) in [7, 11) is 0. The van der Waals surface area contributed by atoms with Crippen LogP contribution in [0.4, 0.5) is 0 Å². The summed E-state index contributed by atoms with van der Waals surface area (Å²) in [6.07, 6.45) is 8.47. The summed E-state index contributed by atoms with van der Waals surface area (Å²) in [4.78, 5) is 55.8. The Morgan fingerprint density at radius 2 is 1.21 bits per heavy atom. The fourth-order valence-corrected chi connectivity index (χ4v) is 7.76. The lowest BCUT2D eigenvalue weighted by Crippen LogP contribution is -2.54. The van der Waals surface area contributed by atoms with Gasteiger partial charge in [0.05, 0.1) is 11.1 Å². The molecule has 2 heterocycles. The number of benzene rings is 1. The van der Waals surface area contributed by atoms with Crippen molar-refractivity contribution in [3.05, 3.63) is 35.4 Å². The van der Waals surface area contributed by atoms with Gasteiger partial charge in [0, 0.05) is 32.6 Å². The Hall–Kier alpha value is -2.70. The number of imide groups is 1. The molecule has 1 aromatic carbocycles. The van der Waals surface area contributed by atoms with Crippen molar-refractivity contribution in [1.82, 2.24) is 14.7 Å². The lowest BCUT2D eigenvalue weighted by Gasteiger charge is -2.57. The van der Waals surface area contributed by atoms with Crippen LogP contribution in [0.5, 0.6) is 0 Å². The summed E-state index contributed by atoms with van der Waals surface area (Å²) >= 11 is 0. The van der Waals surface area contributed by atoms with E-state index in [0.29, 0.717) is 43.7 Å². The van der Waals surface area contributed by atoms with Gasteiger partial charge >= 0.3 is 0 Å². The number of hydrogen-bond acceptors (Lipinski definition) is 4. The van der Waals surface area contributed by atoms with Crippen LogP contribution in [-0.2, 0) is 9.59 Å². The van der Waals surface area contributed by atoms with Crippen molar-refractivity contribution in [1.29, 1.82) is 0 Å². The first-order chi connectivity index (χ1) is 15.9. The Morgan fingerprint density at radius 3 is 1.70 bits per heavy atom. The standard InChI is InChI=1S/C26H31N3O4/c30-22(15-26-12-17-9-18(13-26)11-19(10-17)14-26)27-5-7-28(8-6-27)23(31)16-29-24(32)20-3-1-2-4-21(20)25(29)33/h1-4,17-19H,5-16H2. The first kappa shape index (κ1) is 20.9. The molecule has 4 amide bonds. The Bertz CT molecular complexity index is 956. The van der Waals surface area contributed by atoms with E-state index in [1.165, 1.54) is 38.5 Å². The van der Waals surface area contributed by atoms with Crippen LogP contribution >= 0.6 is 0 Å². The topological polar surface area (TPSA) is 78.0 Å². The Morgan fingerprint density at radius 1 is 0.758 bits per heavy atom. The molecule has 0 aromatic heterocycles. The molecule has 4 saturated carbocycles. The van der Waals surface area contributed by atoms with E-state index in [4.69, 9.17) is 0 Å². The monoisotopic (exact) mass is 449 g/mol. The third-order valence-corrected chi connectivity index (χ3v) is 8.85. The summed E-state index contributed by atoms with van der Waals surface area (Å²) in [6.45, 7) is 1.72. The Labute approximate surface area is 194 Å². The van der Waals surface area contributed by atoms with Gasteiger partial charge in [0.2, 0.25) is 11.8 Å². The molecule has 0 N–H and O–H groups in total. The van der Waals surface area contributed by atoms with E-state index in [0.717, 1.165) is 22.7 Å². The molecule has 4 aliphatic carbocycles. The fourth-order valence-electron chi connectivity index (χ4n) is 7.76. The molecule has 0 unspecified atom stereocenters. The van der Waals surface area contributed by atoms with E-state index in [-0.39, 0.29) is 23.8 Å². The van der Waals surface area contributed by atoms with E-state index in [2.05, 4.69) is 0 Å². The molecule has 1 aromatic rings. The van der Waals surface area contributed by atoms with Gasteiger partial charge in [-0.15, -0.1) is 0 Å². The van der Waals surface area contributed by atoms with E-state index in [1.54, 1.807) is 29.2 Å². The normalized spacial score (nSPS) is 32.5. The number of hydrogen-bond donors (Lipinski definition) is 0. The molecular weight excluding hydrogens is 418 g/mol. The number of carbonyl (C=O) groups excluding carboxylic acids is 4. The van der Waals surface area contributed by atoms with Crippen molar-refractivity contribution in [3.8, 4) is 0 Å². The van der Waals surface area contributed by atoms with E-state index >= 15 is 0 Å². The van der Waals surface area contributed by atoms with Crippen molar-refractivity contribution >= 4 is 23.6 Å². The highest BCUT2D eigenvalue weighted by Crippen LogP contribution is 2.61. The molecule has 33 heavy (non-hydrogen) atoms. The van der Waals surface area contributed by atoms with Crippen molar-refractivity contribution in [3.63, 3.8) is 0 Å². The second-order valence-electron chi connectivity index (χ2n) is 11.1. The minimum atomic E-state index is -0.409. The summed E-state index contributed by atoms with van der Waals surface area (Å²) in [5.41, 5.74) is 0.940. The van der Waals surface area contributed by atoms with Crippen molar-refractivity contribution in [2.75, 3.05) is 32.7 Å². The van der Waals surface area contributed by atoms with Gasteiger partial charge < -0.3 is 9.80 Å². The average molecular weight is 450 g/mol. The van der Waals surface area contributed by atoms with E-state index < -0.39 is 11.8 Å². The molecule has 4 bridgehead atoms. The molecule has 174 valence electrons. The molecule has 1 saturated heterocycles. The molecule has 0 radical (unpaired) electrons.